The molecule has 0 aromatic carbocycles. The Labute approximate surface area is 77.9 Å². The molecule has 1 amide bonds. The average molecular weight is 192 g/mol. The SMILES string of the molecule is Cl.O=C(O)NC1CC2CCC1C2. The summed E-state index contributed by atoms with van der Waals surface area (Å²) in [6.07, 6.45) is 4.03. The molecule has 0 spiro atoms. The molecular formula is C8H14ClNO2. The van der Waals surface area contributed by atoms with Gasteiger partial charge in [-0.25, -0.2) is 4.79 Å². The van der Waals surface area contributed by atoms with E-state index in [4.69, 9.17) is 5.11 Å². The molecule has 0 heterocycles. The molecule has 2 fully saturated rings. The molecule has 0 aromatic heterocycles. The predicted octanol–water partition coefficient (Wildman–Crippen LogP) is 1.86. The van der Waals surface area contributed by atoms with Crippen molar-refractivity contribution in [2.24, 2.45) is 11.8 Å². The fourth-order valence-corrected chi connectivity index (χ4v) is 2.58. The quantitative estimate of drug-likeness (QED) is 0.665. The Kier molecular flexibility index (Phi) is 2.83. The highest BCUT2D eigenvalue weighted by atomic mass is 35.5. The van der Waals surface area contributed by atoms with Gasteiger partial charge in [-0.05, 0) is 31.1 Å². The van der Waals surface area contributed by atoms with E-state index in [0.717, 1.165) is 12.3 Å². The van der Waals surface area contributed by atoms with Crippen molar-refractivity contribution in [3.63, 3.8) is 0 Å². The van der Waals surface area contributed by atoms with E-state index in [-0.39, 0.29) is 18.4 Å². The number of amides is 1. The van der Waals surface area contributed by atoms with E-state index in [1.807, 2.05) is 0 Å². The van der Waals surface area contributed by atoms with Gasteiger partial charge in [0.1, 0.15) is 0 Å². The van der Waals surface area contributed by atoms with Crippen molar-refractivity contribution in [2.75, 3.05) is 0 Å². The van der Waals surface area contributed by atoms with Gasteiger partial charge in [-0.2, -0.15) is 0 Å². The van der Waals surface area contributed by atoms with E-state index in [1.54, 1.807) is 0 Å². The second kappa shape index (κ2) is 3.52. The van der Waals surface area contributed by atoms with E-state index in [9.17, 15) is 4.79 Å². The Balaban J connectivity index is 0.000000720. The van der Waals surface area contributed by atoms with Gasteiger partial charge in [-0.15, -0.1) is 12.4 Å². The number of carbonyl (C=O) groups is 1. The summed E-state index contributed by atoms with van der Waals surface area (Å²) in [6.45, 7) is 0. The molecule has 3 nitrogen and oxygen atoms in total. The smallest absolute Gasteiger partial charge is 0.404 e. The average Bonchev–Trinajstić information content (AvgIpc) is 2.45. The Bertz CT molecular complexity index is 186. The van der Waals surface area contributed by atoms with Crippen LogP contribution in [0.4, 0.5) is 4.79 Å². The van der Waals surface area contributed by atoms with Crippen LogP contribution in [0.25, 0.3) is 0 Å². The van der Waals surface area contributed by atoms with Crippen LogP contribution in [-0.4, -0.2) is 17.2 Å². The lowest BCUT2D eigenvalue weighted by Crippen LogP contribution is -2.37. The van der Waals surface area contributed by atoms with Crippen LogP contribution in [0.3, 0.4) is 0 Å². The number of carboxylic acid groups (broad SMARTS) is 1. The van der Waals surface area contributed by atoms with Gasteiger partial charge in [0.2, 0.25) is 0 Å². The van der Waals surface area contributed by atoms with Crippen molar-refractivity contribution in [3.05, 3.63) is 0 Å². The molecule has 2 aliphatic rings. The molecule has 2 N–H and O–H groups in total. The maximum Gasteiger partial charge on any atom is 0.404 e. The number of hydrogen-bond donors (Lipinski definition) is 2. The zero-order valence-electron chi connectivity index (χ0n) is 6.82. The molecule has 0 aliphatic heterocycles. The number of rotatable bonds is 1. The summed E-state index contributed by atoms with van der Waals surface area (Å²) in [5.74, 6) is 1.47. The molecule has 0 aromatic rings. The first-order valence-corrected chi connectivity index (χ1v) is 4.25. The first-order chi connectivity index (χ1) is 5.25. The van der Waals surface area contributed by atoms with Gasteiger partial charge in [0.25, 0.3) is 0 Å². The lowest BCUT2D eigenvalue weighted by atomic mass is 9.96. The molecule has 3 unspecified atom stereocenters. The third-order valence-corrected chi connectivity index (χ3v) is 3.05. The van der Waals surface area contributed by atoms with E-state index < -0.39 is 6.09 Å². The van der Waals surface area contributed by atoms with E-state index in [2.05, 4.69) is 5.32 Å². The van der Waals surface area contributed by atoms with Crippen LogP contribution in [-0.2, 0) is 0 Å². The first kappa shape index (κ1) is 9.65. The minimum Gasteiger partial charge on any atom is -0.465 e. The molecule has 70 valence electrons. The first-order valence-electron chi connectivity index (χ1n) is 4.25. The van der Waals surface area contributed by atoms with Crippen molar-refractivity contribution in [1.29, 1.82) is 0 Å². The summed E-state index contributed by atoms with van der Waals surface area (Å²) in [6, 6.07) is 0.270. The van der Waals surface area contributed by atoms with Gasteiger partial charge in [0.05, 0.1) is 0 Å². The fraction of sp³-hybridized carbons (Fsp3) is 0.875. The topological polar surface area (TPSA) is 49.3 Å². The van der Waals surface area contributed by atoms with Crippen LogP contribution < -0.4 is 5.32 Å². The Hall–Kier alpha value is -0.440. The van der Waals surface area contributed by atoms with Crippen molar-refractivity contribution in [1.82, 2.24) is 5.32 Å². The van der Waals surface area contributed by atoms with Gasteiger partial charge in [0.15, 0.2) is 0 Å². The summed E-state index contributed by atoms with van der Waals surface area (Å²) in [5, 5.41) is 11.1. The monoisotopic (exact) mass is 191 g/mol. The van der Waals surface area contributed by atoms with Crippen molar-refractivity contribution in [3.8, 4) is 0 Å². The highest BCUT2D eigenvalue weighted by molar-refractivity contribution is 5.85. The lowest BCUT2D eigenvalue weighted by molar-refractivity contribution is 0.184. The minimum absolute atomic E-state index is 0. The summed E-state index contributed by atoms with van der Waals surface area (Å²) in [5.41, 5.74) is 0. The molecule has 2 rings (SSSR count). The lowest BCUT2D eigenvalue weighted by Gasteiger charge is -2.20. The molecule has 0 saturated heterocycles. The molecule has 4 heteroatoms. The van der Waals surface area contributed by atoms with E-state index in [0.29, 0.717) is 5.92 Å². The van der Waals surface area contributed by atoms with Crippen molar-refractivity contribution < 1.29 is 9.90 Å². The van der Waals surface area contributed by atoms with Gasteiger partial charge in [0, 0.05) is 6.04 Å². The minimum atomic E-state index is -0.859. The summed E-state index contributed by atoms with van der Waals surface area (Å²) < 4.78 is 0. The fourth-order valence-electron chi connectivity index (χ4n) is 2.58. The third-order valence-electron chi connectivity index (χ3n) is 3.05. The number of halogens is 1. The van der Waals surface area contributed by atoms with Gasteiger partial charge < -0.3 is 10.4 Å². The van der Waals surface area contributed by atoms with Crippen LogP contribution >= 0.6 is 12.4 Å². The maximum absolute atomic E-state index is 10.3. The Morgan fingerprint density at radius 2 is 2.08 bits per heavy atom. The maximum atomic E-state index is 10.3. The van der Waals surface area contributed by atoms with Crippen LogP contribution in [0.2, 0.25) is 0 Å². The largest absolute Gasteiger partial charge is 0.465 e. The summed E-state index contributed by atoms with van der Waals surface area (Å²) in [7, 11) is 0. The van der Waals surface area contributed by atoms with Crippen LogP contribution in [0, 0.1) is 11.8 Å². The normalized spacial score (nSPS) is 37.5. The highest BCUT2D eigenvalue weighted by Crippen LogP contribution is 2.44. The zero-order valence-corrected chi connectivity index (χ0v) is 7.64. The second-order valence-electron chi connectivity index (χ2n) is 3.73. The van der Waals surface area contributed by atoms with Crippen LogP contribution in [0.5, 0.6) is 0 Å². The number of hydrogen-bond acceptors (Lipinski definition) is 1. The second-order valence-corrected chi connectivity index (χ2v) is 3.73. The van der Waals surface area contributed by atoms with Crippen molar-refractivity contribution in [2.45, 2.75) is 31.7 Å². The molecule has 2 aliphatic carbocycles. The molecular weight excluding hydrogens is 178 g/mol. The number of fused-ring (bicyclic) bond motifs is 2. The number of nitrogens with one attached hydrogen (secondary N) is 1. The molecule has 3 atom stereocenters. The van der Waals surface area contributed by atoms with Gasteiger partial charge in [-0.3, -0.25) is 0 Å². The van der Waals surface area contributed by atoms with Crippen LogP contribution in [0.1, 0.15) is 25.7 Å². The van der Waals surface area contributed by atoms with E-state index in [1.165, 1.54) is 19.3 Å². The zero-order chi connectivity index (χ0) is 7.84. The third kappa shape index (κ3) is 1.66. The van der Waals surface area contributed by atoms with Crippen molar-refractivity contribution >= 4 is 18.5 Å². The van der Waals surface area contributed by atoms with Crippen LogP contribution in [0.15, 0.2) is 0 Å². The summed E-state index contributed by atoms with van der Waals surface area (Å²) in [4.78, 5) is 10.3. The highest BCUT2D eigenvalue weighted by Gasteiger charge is 2.39. The Morgan fingerprint density at radius 1 is 1.33 bits per heavy atom. The Morgan fingerprint density at radius 3 is 2.50 bits per heavy atom. The molecule has 0 radical (unpaired) electrons. The van der Waals surface area contributed by atoms with Gasteiger partial charge in [-0.1, -0.05) is 6.42 Å². The summed E-state index contributed by atoms with van der Waals surface area (Å²) >= 11 is 0. The molecule has 12 heavy (non-hydrogen) atoms. The van der Waals surface area contributed by atoms with Gasteiger partial charge >= 0.3 is 6.09 Å². The predicted molar refractivity (Wildman–Crippen MR) is 47.6 cm³/mol. The standard InChI is InChI=1S/C8H13NO2.ClH/c10-8(11)9-7-4-5-1-2-6(7)3-5;/h5-7,9H,1-4H2,(H,10,11);1H. The molecule has 2 saturated carbocycles. The molecule has 2 bridgehead atoms. The van der Waals surface area contributed by atoms with E-state index >= 15 is 0 Å².